The Morgan fingerprint density at radius 2 is 2.33 bits per heavy atom. The highest BCUT2D eigenvalue weighted by molar-refractivity contribution is 5.33. The van der Waals surface area contributed by atoms with Crippen LogP contribution in [0.25, 0.3) is 0 Å². The molecule has 1 atom stereocenters. The van der Waals surface area contributed by atoms with Gasteiger partial charge in [0, 0.05) is 19.2 Å². The fourth-order valence-electron chi connectivity index (χ4n) is 1.15. The average molecular weight is 163 g/mol. The van der Waals surface area contributed by atoms with Crippen LogP contribution in [0.4, 0.5) is 0 Å². The van der Waals surface area contributed by atoms with Crippen molar-refractivity contribution in [2.75, 3.05) is 14.1 Å². The molecule has 1 rings (SSSR count). The van der Waals surface area contributed by atoms with E-state index in [-0.39, 0.29) is 0 Å². The zero-order valence-electron chi connectivity index (χ0n) is 7.39. The Labute approximate surface area is 72.8 Å². The number of hydrogen-bond donors (Lipinski definition) is 2. The van der Waals surface area contributed by atoms with Crippen LogP contribution in [0.5, 0.6) is 0 Å². The lowest BCUT2D eigenvalue weighted by Crippen LogP contribution is -2.40. The van der Waals surface area contributed by atoms with E-state index in [9.17, 15) is 0 Å². The molecule has 1 unspecified atom stereocenters. The summed E-state index contributed by atoms with van der Waals surface area (Å²) >= 11 is 0. The first-order valence-corrected chi connectivity index (χ1v) is 3.93. The molecular formula is C9H13N3. The van der Waals surface area contributed by atoms with Crippen LogP contribution in [0.15, 0.2) is 23.9 Å². The summed E-state index contributed by atoms with van der Waals surface area (Å²) in [6, 6.07) is 2.24. The third-order valence-electron chi connectivity index (χ3n) is 2.13. The molecule has 1 aliphatic rings. The Morgan fingerprint density at radius 1 is 1.58 bits per heavy atom. The van der Waals surface area contributed by atoms with E-state index < -0.39 is 5.54 Å². The van der Waals surface area contributed by atoms with Crippen molar-refractivity contribution in [1.29, 1.82) is 5.26 Å². The number of likely N-dealkylation sites (N-methyl/N-ethyl adjacent to an activating group) is 2. The molecule has 64 valence electrons. The van der Waals surface area contributed by atoms with Gasteiger partial charge in [-0.3, -0.25) is 5.32 Å². The highest BCUT2D eigenvalue weighted by atomic mass is 14.9. The molecule has 12 heavy (non-hydrogen) atoms. The molecule has 0 aromatic heterocycles. The molecule has 0 amide bonds. The number of nitrogens with one attached hydrogen (secondary N) is 2. The van der Waals surface area contributed by atoms with Gasteiger partial charge < -0.3 is 5.32 Å². The largest absolute Gasteiger partial charge is 0.388 e. The van der Waals surface area contributed by atoms with Crippen LogP contribution in [0.1, 0.15) is 6.42 Å². The van der Waals surface area contributed by atoms with Crippen LogP contribution in [0, 0.1) is 11.3 Å². The van der Waals surface area contributed by atoms with Gasteiger partial charge in [0.1, 0.15) is 5.54 Å². The molecular weight excluding hydrogens is 150 g/mol. The Morgan fingerprint density at radius 3 is 2.67 bits per heavy atom. The Bertz CT molecular complexity index is 259. The molecule has 0 aliphatic heterocycles. The minimum atomic E-state index is -0.500. The summed E-state index contributed by atoms with van der Waals surface area (Å²) < 4.78 is 0. The molecule has 0 aromatic carbocycles. The standard InChI is InChI=1S/C9H13N3/c1-11-8-3-5-9(7-10,12-2)6-4-8/h3-5,11-12H,6H2,1-2H3. The monoisotopic (exact) mass is 163 g/mol. The van der Waals surface area contributed by atoms with Crippen molar-refractivity contribution in [3.05, 3.63) is 23.9 Å². The molecule has 3 nitrogen and oxygen atoms in total. The van der Waals surface area contributed by atoms with Crippen LogP contribution in [-0.2, 0) is 0 Å². The molecule has 0 bridgehead atoms. The maximum Gasteiger partial charge on any atom is 0.129 e. The summed E-state index contributed by atoms with van der Waals surface area (Å²) in [5, 5.41) is 14.9. The van der Waals surface area contributed by atoms with E-state index in [1.807, 2.05) is 25.3 Å². The van der Waals surface area contributed by atoms with Crippen molar-refractivity contribution < 1.29 is 0 Å². The molecule has 3 heteroatoms. The van der Waals surface area contributed by atoms with Gasteiger partial charge in [-0.15, -0.1) is 0 Å². The number of rotatable bonds is 2. The van der Waals surface area contributed by atoms with Crippen LogP contribution in [0.3, 0.4) is 0 Å². The predicted molar refractivity (Wildman–Crippen MR) is 48.3 cm³/mol. The van der Waals surface area contributed by atoms with Crippen molar-refractivity contribution in [2.45, 2.75) is 12.0 Å². The molecule has 0 aromatic rings. The Kier molecular flexibility index (Phi) is 2.51. The second kappa shape index (κ2) is 3.42. The lowest BCUT2D eigenvalue weighted by atomic mass is 9.92. The smallest absolute Gasteiger partial charge is 0.129 e. The first-order valence-electron chi connectivity index (χ1n) is 3.93. The summed E-state index contributed by atoms with van der Waals surface area (Å²) in [4.78, 5) is 0. The predicted octanol–water partition coefficient (Wildman–Crippen LogP) is 0.531. The number of allylic oxidation sites excluding steroid dienone is 1. The van der Waals surface area contributed by atoms with Crippen LogP contribution >= 0.6 is 0 Å². The lowest BCUT2D eigenvalue weighted by Gasteiger charge is -2.24. The Balaban J connectivity index is 2.76. The molecule has 0 fully saturated rings. The highest BCUT2D eigenvalue weighted by Gasteiger charge is 2.25. The van der Waals surface area contributed by atoms with Crippen molar-refractivity contribution >= 4 is 0 Å². The van der Waals surface area contributed by atoms with Gasteiger partial charge in [-0.25, -0.2) is 0 Å². The molecule has 2 N–H and O–H groups in total. The van der Waals surface area contributed by atoms with Gasteiger partial charge in [-0.1, -0.05) is 6.08 Å². The first kappa shape index (κ1) is 8.82. The molecule has 0 heterocycles. The number of nitrogens with zero attached hydrogens (tertiary/aromatic N) is 1. The van der Waals surface area contributed by atoms with Crippen molar-refractivity contribution in [2.24, 2.45) is 0 Å². The van der Waals surface area contributed by atoms with Crippen LogP contribution in [0.2, 0.25) is 0 Å². The zero-order valence-corrected chi connectivity index (χ0v) is 7.39. The number of nitriles is 1. The van der Waals surface area contributed by atoms with Gasteiger partial charge in [0.2, 0.25) is 0 Å². The number of hydrogen-bond acceptors (Lipinski definition) is 3. The summed E-state index contributed by atoms with van der Waals surface area (Å²) in [5.74, 6) is 0. The lowest BCUT2D eigenvalue weighted by molar-refractivity contribution is 0.546. The van der Waals surface area contributed by atoms with E-state index in [0.717, 1.165) is 5.70 Å². The molecule has 1 aliphatic carbocycles. The van der Waals surface area contributed by atoms with Gasteiger partial charge in [-0.05, 0) is 19.2 Å². The Hall–Kier alpha value is -1.27. The summed E-state index contributed by atoms with van der Waals surface area (Å²) in [5.41, 5.74) is 0.566. The second-order valence-corrected chi connectivity index (χ2v) is 2.78. The van der Waals surface area contributed by atoms with E-state index in [1.54, 1.807) is 7.05 Å². The van der Waals surface area contributed by atoms with E-state index >= 15 is 0 Å². The average Bonchev–Trinajstić information content (AvgIpc) is 2.18. The fourth-order valence-corrected chi connectivity index (χ4v) is 1.15. The van der Waals surface area contributed by atoms with Gasteiger partial charge in [-0.2, -0.15) is 5.26 Å². The first-order chi connectivity index (χ1) is 5.76. The van der Waals surface area contributed by atoms with E-state index in [1.165, 1.54) is 0 Å². The molecule has 0 saturated heterocycles. The van der Waals surface area contributed by atoms with Gasteiger partial charge in [0.25, 0.3) is 0 Å². The maximum atomic E-state index is 8.89. The molecule has 0 saturated carbocycles. The van der Waals surface area contributed by atoms with Crippen molar-refractivity contribution in [3.8, 4) is 6.07 Å². The third kappa shape index (κ3) is 1.49. The molecule has 0 radical (unpaired) electrons. The SMILES string of the molecule is CNC1=CCC(C#N)(NC)C=C1. The summed E-state index contributed by atoms with van der Waals surface area (Å²) in [6.45, 7) is 0. The minimum absolute atomic E-state index is 0.500. The quantitative estimate of drug-likeness (QED) is 0.624. The van der Waals surface area contributed by atoms with Gasteiger partial charge in [0.15, 0.2) is 0 Å². The zero-order chi connectivity index (χ0) is 9.03. The normalized spacial score (nSPS) is 27.6. The van der Waals surface area contributed by atoms with E-state index in [4.69, 9.17) is 5.26 Å². The van der Waals surface area contributed by atoms with Crippen LogP contribution < -0.4 is 10.6 Å². The van der Waals surface area contributed by atoms with E-state index in [0.29, 0.717) is 6.42 Å². The van der Waals surface area contributed by atoms with Crippen LogP contribution in [-0.4, -0.2) is 19.6 Å². The van der Waals surface area contributed by atoms with Crippen molar-refractivity contribution in [3.63, 3.8) is 0 Å². The highest BCUT2D eigenvalue weighted by Crippen LogP contribution is 2.18. The van der Waals surface area contributed by atoms with Gasteiger partial charge in [0.05, 0.1) is 6.07 Å². The summed E-state index contributed by atoms with van der Waals surface area (Å²) in [6.07, 6.45) is 6.54. The van der Waals surface area contributed by atoms with E-state index in [2.05, 4.69) is 16.7 Å². The topological polar surface area (TPSA) is 47.9 Å². The maximum absolute atomic E-state index is 8.89. The van der Waals surface area contributed by atoms with Gasteiger partial charge >= 0.3 is 0 Å². The minimum Gasteiger partial charge on any atom is -0.388 e. The summed E-state index contributed by atoms with van der Waals surface area (Å²) in [7, 11) is 3.67. The fraction of sp³-hybridized carbons (Fsp3) is 0.444. The van der Waals surface area contributed by atoms with Crippen molar-refractivity contribution in [1.82, 2.24) is 10.6 Å². The third-order valence-corrected chi connectivity index (χ3v) is 2.13. The second-order valence-electron chi connectivity index (χ2n) is 2.78. The molecule has 0 spiro atoms.